The van der Waals surface area contributed by atoms with E-state index in [0.717, 1.165) is 22.5 Å². The van der Waals surface area contributed by atoms with Crippen LogP contribution in [0.15, 0.2) is 60.7 Å². The second-order valence-electron chi connectivity index (χ2n) is 7.41. The van der Waals surface area contributed by atoms with E-state index in [1.54, 1.807) is 0 Å². The summed E-state index contributed by atoms with van der Waals surface area (Å²) in [5.74, 6) is 0.814. The van der Waals surface area contributed by atoms with Crippen molar-refractivity contribution in [2.24, 2.45) is 5.92 Å². The third kappa shape index (κ3) is 2.82. The molecule has 0 saturated carbocycles. The molecular formula is C21H26NO+. The van der Waals surface area contributed by atoms with Gasteiger partial charge in [-0.25, -0.2) is 0 Å². The summed E-state index contributed by atoms with van der Waals surface area (Å²) in [6.07, 6.45) is 3.47. The van der Waals surface area contributed by atoms with Crippen molar-refractivity contribution < 1.29 is 9.59 Å². The Morgan fingerprint density at radius 2 is 1.52 bits per heavy atom. The van der Waals surface area contributed by atoms with Gasteiger partial charge in [-0.2, -0.15) is 0 Å². The van der Waals surface area contributed by atoms with Crippen LogP contribution in [-0.2, 0) is 6.54 Å². The number of hydrogen-bond donors (Lipinski definition) is 1. The van der Waals surface area contributed by atoms with Crippen LogP contribution in [0.3, 0.4) is 0 Å². The quantitative estimate of drug-likeness (QED) is 0.849. The summed E-state index contributed by atoms with van der Waals surface area (Å²) < 4.78 is 1.07. The highest BCUT2D eigenvalue weighted by atomic mass is 16.3. The van der Waals surface area contributed by atoms with Gasteiger partial charge in [0.2, 0.25) is 0 Å². The Hall–Kier alpha value is -1.64. The van der Waals surface area contributed by atoms with E-state index in [2.05, 4.69) is 42.5 Å². The van der Waals surface area contributed by atoms with Gasteiger partial charge in [0.25, 0.3) is 0 Å². The van der Waals surface area contributed by atoms with Gasteiger partial charge in [0.1, 0.15) is 18.7 Å². The summed E-state index contributed by atoms with van der Waals surface area (Å²) in [5.41, 5.74) is 2.48. The number of aliphatic hydroxyl groups is 1. The molecule has 2 aromatic carbocycles. The molecule has 0 aliphatic carbocycles. The molecule has 3 aliphatic heterocycles. The van der Waals surface area contributed by atoms with E-state index < -0.39 is 0 Å². The van der Waals surface area contributed by atoms with Crippen LogP contribution in [0.25, 0.3) is 0 Å². The predicted octanol–water partition coefficient (Wildman–Crippen LogP) is 3.92. The van der Waals surface area contributed by atoms with Crippen LogP contribution in [0.5, 0.6) is 0 Å². The van der Waals surface area contributed by atoms with Crippen LogP contribution in [0.4, 0.5) is 0 Å². The maximum atomic E-state index is 11.1. The lowest BCUT2D eigenvalue weighted by atomic mass is 9.77. The fourth-order valence-electron chi connectivity index (χ4n) is 4.79. The molecule has 23 heavy (non-hydrogen) atoms. The molecule has 5 rings (SSSR count). The standard InChI is InChI=1S/C21H26NO/c23-21(19-9-5-2-6-10-19)20-15-17-11-13-22(20,14-12-17)16-18-7-3-1-4-8-18/h1-10,17,20-21,23H,11-16H2/q+1/t17?,20-,21+,22?/m1/s1. The number of hydrogen-bond acceptors (Lipinski definition) is 1. The summed E-state index contributed by atoms with van der Waals surface area (Å²) in [7, 11) is 0. The van der Waals surface area contributed by atoms with Crippen molar-refractivity contribution in [2.45, 2.75) is 38.0 Å². The highest BCUT2D eigenvalue weighted by Crippen LogP contribution is 2.44. The fourth-order valence-corrected chi connectivity index (χ4v) is 4.79. The van der Waals surface area contributed by atoms with Crippen LogP contribution < -0.4 is 0 Å². The van der Waals surface area contributed by atoms with Gasteiger partial charge in [0.15, 0.2) is 0 Å². The van der Waals surface area contributed by atoms with Gasteiger partial charge in [-0.3, -0.25) is 0 Å². The van der Waals surface area contributed by atoms with Gasteiger partial charge in [-0.05, 0) is 24.3 Å². The third-order valence-corrected chi connectivity index (χ3v) is 6.09. The van der Waals surface area contributed by atoms with E-state index >= 15 is 0 Å². The van der Waals surface area contributed by atoms with Gasteiger partial charge >= 0.3 is 0 Å². The Labute approximate surface area is 139 Å². The molecule has 120 valence electrons. The van der Waals surface area contributed by atoms with E-state index in [1.807, 2.05) is 18.2 Å². The largest absolute Gasteiger partial charge is 0.382 e. The Morgan fingerprint density at radius 1 is 0.913 bits per heavy atom. The smallest absolute Gasteiger partial charge is 0.131 e. The van der Waals surface area contributed by atoms with Crippen molar-refractivity contribution in [3.8, 4) is 0 Å². The zero-order chi connectivity index (χ0) is 15.7. The minimum absolute atomic E-state index is 0.338. The molecule has 2 atom stereocenters. The van der Waals surface area contributed by atoms with Crippen molar-refractivity contribution in [2.75, 3.05) is 13.1 Å². The molecular weight excluding hydrogens is 282 g/mol. The van der Waals surface area contributed by atoms with E-state index in [4.69, 9.17) is 0 Å². The summed E-state index contributed by atoms with van der Waals surface area (Å²) in [6, 6.07) is 21.4. The number of benzene rings is 2. The molecule has 1 N–H and O–H groups in total. The molecule has 2 aromatic rings. The number of piperidine rings is 3. The highest BCUT2D eigenvalue weighted by Gasteiger charge is 2.50. The predicted molar refractivity (Wildman–Crippen MR) is 92.7 cm³/mol. The molecule has 0 amide bonds. The molecule has 3 saturated heterocycles. The number of rotatable bonds is 4. The van der Waals surface area contributed by atoms with E-state index in [0.29, 0.717) is 6.04 Å². The minimum atomic E-state index is -0.344. The van der Waals surface area contributed by atoms with Crippen LogP contribution in [0.2, 0.25) is 0 Å². The van der Waals surface area contributed by atoms with Crippen molar-refractivity contribution in [1.29, 1.82) is 0 Å². The average molecular weight is 308 g/mol. The van der Waals surface area contributed by atoms with Crippen LogP contribution in [-0.4, -0.2) is 28.7 Å². The van der Waals surface area contributed by atoms with Crippen molar-refractivity contribution >= 4 is 0 Å². The van der Waals surface area contributed by atoms with E-state index in [-0.39, 0.29) is 6.10 Å². The fraction of sp³-hybridized carbons (Fsp3) is 0.429. The normalized spacial score (nSPS) is 31.0. The molecule has 3 heterocycles. The lowest BCUT2D eigenvalue weighted by Crippen LogP contribution is -2.65. The zero-order valence-corrected chi connectivity index (χ0v) is 13.6. The Bertz CT molecular complexity index is 631. The van der Waals surface area contributed by atoms with Crippen molar-refractivity contribution in [1.82, 2.24) is 0 Å². The molecule has 2 nitrogen and oxygen atoms in total. The first-order chi connectivity index (χ1) is 11.3. The topological polar surface area (TPSA) is 20.2 Å². The van der Waals surface area contributed by atoms with Gasteiger partial charge in [-0.15, -0.1) is 0 Å². The lowest BCUT2D eigenvalue weighted by molar-refractivity contribution is -0.981. The lowest BCUT2D eigenvalue weighted by Gasteiger charge is -2.55. The molecule has 2 bridgehead atoms. The third-order valence-electron chi connectivity index (χ3n) is 6.09. The number of nitrogens with zero attached hydrogens (tertiary/aromatic N) is 1. The van der Waals surface area contributed by atoms with E-state index in [1.165, 1.54) is 37.9 Å². The van der Waals surface area contributed by atoms with Gasteiger partial charge in [0, 0.05) is 12.0 Å². The second kappa shape index (κ2) is 6.10. The van der Waals surface area contributed by atoms with Gasteiger partial charge in [-0.1, -0.05) is 60.7 Å². The van der Waals surface area contributed by atoms with Crippen molar-refractivity contribution in [3.05, 3.63) is 71.8 Å². The molecule has 0 radical (unpaired) electrons. The molecule has 3 aliphatic rings. The number of fused-ring (bicyclic) bond motifs is 3. The Kier molecular flexibility index (Phi) is 3.96. The SMILES string of the molecule is O[C@@H](c1ccccc1)[C@H]1CC2CC[N+]1(Cc1ccccc1)CC2. The number of quaternary nitrogens is 1. The van der Waals surface area contributed by atoms with Crippen LogP contribution >= 0.6 is 0 Å². The van der Waals surface area contributed by atoms with Gasteiger partial charge < -0.3 is 9.59 Å². The molecule has 3 fully saturated rings. The molecule has 0 aromatic heterocycles. The maximum absolute atomic E-state index is 11.1. The number of aliphatic hydroxyl groups excluding tert-OH is 1. The summed E-state index contributed by atoms with van der Waals surface area (Å²) in [4.78, 5) is 0. The highest BCUT2D eigenvalue weighted by molar-refractivity contribution is 5.19. The minimum Gasteiger partial charge on any atom is -0.382 e. The van der Waals surface area contributed by atoms with Gasteiger partial charge in [0.05, 0.1) is 13.1 Å². The summed E-state index contributed by atoms with van der Waals surface area (Å²) in [6.45, 7) is 3.49. The molecule has 0 unspecified atom stereocenters. The average Bonchev–Trinajstić information content (AvgIpc) is 2.63. The maximum Gasteiger partial charge on any atom is 0.131 e. The van der Waals surface area contributed by atoms with Crippen LogP contribution in [0, 0.1) is 5.92 Å². The summed E-state index contributed by atoms with van der Waals surface area (Å²) in [5, 5.41) is 11.1. The summed E-state index contributed by atoms with van der Waals surface area (Å²) >= 11 is 0. The monoisotopic (exact) mass is 308 g/mol. The molecule has 0 spiro atoms. The zero-order valence-electron chi connectivity index (χ0n) is 13.6. The van der Waals surface area contributed by atoms with E-state index in [9.17, 15) is 5.11 Å². The van der Waals surface area contributed by atoms with Crippen LogP contribution in [0.1, 0.15) is 36.5 Å². The Morgan fingerprint density at radius 3 is 2.17 bits per heavy atom. The Balaban J connectivity index is 1.64. The molecule has 2 heteroatoms. The second-order valence-corrected chi connectivity index (χ2v) is 7.41. The first kappa shape index (κ1) is 14.9. The first-order valence-electron chi connectivity index (χ1n) is 8.90. The first-order valence-corrected chi connectivity index (χ1v) is 8.90. The van der Waals surface area contributed by atoms with Crippen molar-refractivity contribution in [3.63, 3.8) is 0 Å².